The first-order valence-electron chi connectivity index (χ1n) is 10.0. The van der Waals surface area contributed by atoms with Crippen LogP contribution in [0.4, 0.5) is 0 Å². The molecule has 0 aromatic heterocycles. The van der Waals surface area contributed by atoms with Gasteiger partial charge in [-0.1, -0.05) is 32.0 Å². The smallest absolute Gasteiger partial charge is 0.123 e. The fourth-order valence-electron chi connectivity index (χ4n) is 5.27. The van der Waals surface area contributed by atoms with Gasteiger partial charge in [0.15, 0.2) is 0 Å². The predicted octanol–water partition coefficient (Wildman–Crippen LogP) is 3.83. The number of hydrogen-bond donors (Lipinski definition) is 1. The number of fused-ring (bicyclic) bond motifs is 2. The topological polar surface area (TPSA) is 24.5 Å². The van der Waals surface area contributed by atoms with Crippen LogP contribution >= 0.6 is 0 Å². The van der Waals surface area contributed by atoms with E-state index in [2.05, 4.69) is 69.3 Å². The monoisotopic (exact) mass is 344 g/mol. The predicted molar refractivity (Wildman–Crippen MR) is 105 cm³/mol. The second kappa shape index (κ2) is 7.67. The molecule has 1 heterocycles. The molecule has 0 amide bonds. The van der Waals surface area contributed by atoms with Crippen molar-refractivity contribution in [2.24, 2.45) is 23.7 Å². The third-order valence-electron chi connectivity index (χ3n) is 6.65. The van der Waals surface area contributed by atoms with E-state index < -0.39 is 0 Å². The molecule has 25 heavy (non-hydrogen) atoms. The molecule has 2 aliphatic rings. The van der Waals surface area contributed by atoms with Crippen LogP contribution in [0.25, 0.3) is 0 Å². The Balaban J connectivity index is 1.64. The van der Waals surface area contributed by atoms with Crippen LogP contribution in [0.5, 0.6) is 5.75 Å². The Labute approximate surface area is 154 Å². The molecule has 0 bridgehead atoms. The minimum absolute atomic E-state index is 0.00535. The van der Waals surface area contributed by atoms with Crippen LogP contribution < -0.4 is 10.1 Å². The van der Waals surface area contributed by atoms with Crippen molar-refractivity contribution in [3.05, 3.63) is 29.8 Å². The Morgan fingerprint density at radius 3 is 2.76 bits per heavy atom. The van der Waals surface area contributed by atoms with Crippen molar-refractivity contribution in [1.82, 2.24) is 10.2 Å². The van der Waals surface area contributed by atoms with Crippen molar-refractivity contribution in [1.29, 1.82) is 0 Å². The van der Waals surface area contributed by atoms with Crippen molar-refractivity contribution >= 4 is 0 Å². The van der Waals surface area contributed by atoms with Crippen LogP contribution in [0.3, 0.4) is 0 Å². The highest BCUT2D eigenvalue weighted by Gasteiger charge is 2.51. The standard InChI is InChI=1S/C22H36N2O/c1-16-14-22(3)20(13-18-9-6-7-10-21(18)25-22)17(2)19(16)15-23-11-8-12-24(4)5/h6-7,9-10,16-17,19-20,23H,8,11-15H2,1-5H3/t16-,17+,19+,20-,22+/m1/s1. The number of nitrogens with zero attached hydrogens (tertiary/aromatic N) is 1. The normalized spacial score (nSPS) is 34.3. The molecule has 1 saturated carbocycles. The van der Waals surface area contributed by atoms with E-state index in [0.29, 0.717) is 17.8 Å². The summed E-state index contributed by atoms with van der Waals surface area (Å²) in [6.45, 7) is 10.7. The summed E-state index contributed by atoms with van der Waals surface area (Å²) in [5, 5.41) is 3.73. The lowest BCUT2D eigenvalue weighted by atomic mass is 9.59. The van der Waals surface area contributed by atoms with Gasteiger partial charge < -0.3 is 15.0 Å². The van der Waals surface area contributed by atoms with E-state index in [1.165, 1.54) is 18.4 Å². The Kier molecular flexibility index (Phi) is 5.75. The van der Waals surface area contributed by atoms with Crippen LogP contribution in [-0.4, -0.2) is 44.2 Å². The molecule has 1 aromatic carbocycles. The van der Waals surface area contributed by atoms with E-state index in [0.717, 1.165) is 37.7 Å². The highest BCUT2D eigenvalue weighted by molar-refractivity contribution is 5.37. The fraction of sp³-hybridized carbons (Fsp3) is 0.727. The van der Waals surface area contributed by atoms with Gasteiger partial charge in [-0.05, 0) is 89.3 Å². The number of rotatable bonds is 6. The van der Waals surface area contributed by atoms with Gasteiger partial charge in [0.25, 0.3) is 0 Å². The zero-order valence-corrected chi connectivity index (χ0v) is 16.7. The summed E-state index contributed by atoms with van der Waals surface area (Å²) in [5.74, 6) is 3.85. The summed E-state index contributed by atoms with van der Waals surface area (Å²) < 4.78 is 6.56. The molecular weight excluding hydrogens is 308 g/mol. The van der Waals surface area contributed by atoms with Crippen LogP contribution in [0.1, 0.15) is 39.2 Å². The maximum Gasteiger partial charge on any atom is 0.123 e. The minimum atomic E-state index is -0.00535. The molecule has 3 heteroatoms. The fourth-order valence-corrected chi connectivity index (χ4v) is 5.27. The number of para-hydroxylation sites is 1. The lowest BCUT2D eigenvalue weighted by Gasteiger charge is -2.53. The lowest BCUT2D eigenvalue weighted by Crippen LogP contribution is -2.56. The molecule has 5 atom stereocenters. The Hall–Kier alpha value is -1.06. The molecule has 0 radical (unpaired) electrons. The Bertz CT molecular complexity index is 573. The summed E-state index contributed by atoms with van der Waals surface area (Å²) in [4.78, 5) is 2.26. The molecule has 1 aromatic rings. The van der Waals surface area contributed by atoms with Gasteiger partial charge in [-0.3, -0.25) is 0 Å². The first-order chi connectivity index (χ1) is 11.9. The maximum absolute atomic E-state index is 6.56. The number of ether oxygens (including phenoxy) is 1. The summed E-state index contributed by atoms with van der Waals surface area (Å²) in [6, 6.07) is 8.63. The number of benzene rings is 1. The van der Waals surface area contributed by atoms with E-state index in [1.54, 1.807) is 0 Å². The third kappa shape index (κ3) is 4.03. The molecule has 3 nitrogen and oxygen atoms in total. The Morgan fingerprint density at radius 1 is 1.24 bits per heavy atom. The zero-order valence-electron chi connectivity index (χ0n) is 16.7. The van der Waals surface area contributed by atoms with Crippen molar-refractivity contribution in [3.63, 3.8) is 0 Å². The molecule has 0 saturated heterocycles. The van der Waals surface area contributed by atoms with Crippen LogP contribution in [-0.2, 0) is 6.42 Å². The third-order valence-corrected chi connectivity index (χ3v) is 6.65. The molecular formula is C22H36N2O. The highest BCUT2D eigenvalue weighted by atomic mass is 16.5. The van der Waals surface area contributed by atoms with E-state index in [-0.39, 0.29) is 5.60 Å². The van der Waals surface area contributed by atoms with Gasteiger partial charge in [-0.2, -0.15) is 0 Å². The quantitative estimate of drug-likeness (QED) is 0.794. The number of hydrogen-bond acceptors (Lipinski definition) is 3. The molecule has 3 rings (SSSR count). The summed E-state index contributed by atoms with van der Waals surface area (Å²) in [7, 11) is 4.29. The van der Waals surface area contributed by atoms with E-state index >= 15 is 0 Å². The van der Waals surface area contributed by atoms with Crippen molar-refractivity contribution < 1.29 is 4.74 Å². The second-order valence-electron chi connectivity index (χ2n) is 8.90. The van der Waals surface area contributed by atoms with Gasteiger partial charge in [0.2, 0.25) is 0 Å². The lowest BCUT2D eigenvalue weighted by molar-refractivity contribution is -0.0887. The second-order valence-corrected chi connectivity index (χ2v) is 8.90. The summed E-state index contributed by atoms with van der Waals surface area (Å²) in [6.07, 6.45) is 3.55. The maximum atomic E-state index is 6.56. The first kappa shape index (κ1) is 18.7. The van der Waals surface area contributed by atoms with Gasteiger partial charge in [-0.25, -0.2) is 0 Å². The van der Waals surface area contributed by atoms with Gasteiger partial charge in [0, 0.05) is 5.92 Å². The van der Waals surface area contributed by atoms with Crippen molar-refractivity contribution in [2.75, 3.05) is 33.7 Å². The van der Waals surface area contributed by atoms with Gasteiger partial charge in [-0.15, -0.1) is 0 Å². The van der Waals surface area contributed by atoms with Gasteiger partial charge in [0.05, 0.1) is 0 Å². The average Bonchev–Trinajstić information content (AvgIpc) is 2.55. The summed E-state index contributed by atoms with van der Waals surface area (Å²) in [5.41, 5.74) is 1.39. The molecule has 1 N–H and O–H groups in total. The first-order valence-corrected chi connectivity index (χ1v) is 10.0. The average molecular weight is 345 g/mol. The molecule has 1 fully saturated rings. The minimum Gasteiger partial charge on any atom is -0.487 e. The van der Waals surface area contributed by atoms with E-state index in [1.807, 2.05) is 0 Å². The number of nitrogens with one attached hydrogen (secondary N) is 1. The van der Waals surface area contributed by atoms with E-state index in [4.69, 9.17) is 4.74 Å². The zero-order chi connectivity index (χ0) is 18.0. The summed E-state index contributed by atoms with van der Waals surface area (Å²) >= 11 is 0. The molecule has 1 aliphatic heterocycles. The van der Waals surface area contributed by atoms with Crippen LogP contribution in [0, 0.1) is 23.7 Å². The van der Waals surface area contributed by atoms with Crippen LogP contribution in [0.15, 0.2) is 24.3 Å². The van der Waals surface area contributed by atoms with Crippen molar-refractivity contribution in [3.8, 4) is 5.75 Å². The van der Waals surface area contributed by atoms with Gasteiger partial charge in [0.1, 0.15) is 11.4 Å². The molecule has 0 spiro atoms. The Morgan fingerprint density at radius 2 is 2.00 bits per heavy atom. The van der Waals surface area contributed by atoms with Crippen molar-refractivity contribution in [2.45, 2.75) is 45.6 Å². The van der Waals surface area contributed by atoms with E-state index in [9.17, 15) is 0 Å². The molecule has 140 valence electrons. The van der Waals surface area contributed by atoms with Gasteiger partial charge >= 0.3 is 0 Å². The van der Waals surface area contributed by atoms with Crippen LogP contribution in [0.2, 0.25) is 0 Å². The molecule has 0 unspecified atom stereocenters. The largest absolute Gasteiger partial charge is 0.487 e. The molecule has 1 aliphatic carbocycles. The highest BCUT2D eigenvalue weighted by Crippen LogP contribution is 2.51. The SMILES string of the molecule is C[C@H]1[C@@H](CNCCCN(C)C)[C@H](C)C[C@]2(C)Oc3ccccc3C[C@H]12.